The number of benzene rings is 1. The van der Waals surface area contributed by atoms with Gasteiger partial charge in [-0.1, -0.05) is 18.2 Å². The van der Waals surface area contributed by atoms with Crippen molar-refractivity contribution in [2.45, 2.75) is 6.54 Å². The van der Waals surface area contributed by atoms with Gasteiger partial charge in [0, 0.05) is 36.6 Å². The van der Waals surface area contributed by atoms with Gasteiger partial charge in [0.15, 0.2) is 5.82 Å². The first kappa shape index (κ1) is 15.6. The Hall–Kier alpha value is -3.28. The zero-order chi connectivity index (χ0) is 16.8. The Kier molecular flexibility index (Phi) is 4.76. The lowest BCUT2D eigenvalue weighted by Crippen LogP contribution is -2.23. The van der Waals surface area contributed by atoms with Gasteiger partial charge >= 0.3 is 0 Å². The summed E-state index contributed by atoms with van der Waals surface area (Å²) in [5.41, 5.74) is 2.16. The van der Waals surface area contributed by atoms with Crippen LogP contribution in [0.25, 0.3) is 11.4 Å². The van der Waals surface area contributed by atoms with Crippen molar-refractivity contribution in [3.05, 3.63) is 72.2 Å². The predicted octanol–water partition coefficient (Wildman–Crippen LogP) is 2.51. The number of rotatable bonds is 5. The highest BCUT2D eigenvalue weighted by molar-refractivity contribution is 5.94. The normalized spacial score (nSPS) is 10.2. The van der Waals surface area contributed by atoms with Crippen molar-refractivity contribution in [1.82, 2.24) is 20.3 Å². The van der Waals surface area contributed by atoms with E-state index in [4.69, 9.17) is 0 Å². The highest BCUT2D eigenvalue weighted by Crippen LogP contribution is 2.16. The van der Waals surface area contributed by atoms with Gasteiger partial charge in [-0.25, -0.2) is 9.97 Å². The number of carbonyl (C=O) groups is 1. The molecule has 24 heavy (non-hydrogen) atoms. The maximum absolute atomic E-state index is 12.1. The zero-order valence-electron chi connectivity index (χ0n) is 13.2. The van der Waals surface area contributed by atoms with Crippen LogP contribution >= 0.6 is 0 Å². The van der Waals surface area contributed by atoms with Crippen LogP contribution in [0.2, 0.25) is 0 Å². The van der Waals surface area contributed by atoms with E-state index in [9.17, 15) is 4.79 Å². The Morgan fingerprint density at radius 1 is 1.08 bits per heavy atom. The molecule has 2 N–H and O–H groups in total. The van der Waals surface area contributed by atoms with E-state index in [1.54, 1.807) is 31.6 Å². The van der Waals surface area contributed by atoms with Gasteiger partial charge in [0.1, 0.15) is 5.82 Å². The van der Waals surface area contributed by atoms with Crippen molar-refractivity contribution in [3.63, 3.8) is 0 Å². The van der Waals surface area contributed by atoms with Gasteiger partial charge in [-0.3, -0.25) is 9.78 Å². The third-order valence-electron chi connectivity index (χ3n) is 3.42. The van der Waals surface area contributed by atoms with Gasteiger partial charge in [-0.2, -0.15) is 0 Å². The Labute approximate surface area is 140 Å². The molecule has 3 aromatic rings. The molecule has 2 aromatic heterocycles. The number of aromatic nitrogens is 3. The molecule has 120 valence electrons. The van der Waals surface area contributed by atoms with Crippen LogP contribution in [0.5, 0.6) is 0 Å². The summed E-state index contributed by atoms with van der Waals surface area (Å²) in [6, 6.07) is 14.6. The van der Waals surface area contributed by atoms with Gasteiger partial charge in [0.2, 0.25) is 0 Å². The lowest BCUT2D eigenvalue weighted by molar-refractivity contribution is 0.0950. The molecule has 1 aromatic carbocycles. The topological polar surface area (TPSA) is 79.8 Å². The second kappa shape index (κ2) is 7.32. The van der Waals surface area contributed by atoms with Gasteiger partial charge in [0.05, 0.1) is 12.2 Å². The summed E-state index contributed by atoms with van der Waals surface area (Å²) in [5, 5.41) is 5.89. The Morgan fingerprint density at radius 3 is 2.62 bits per heavy atom. The van der Waals surface area contributed by atoms with Crippen molar-refractivity contribution < 1.29 is 4.79 Å². The van der Waals surface area contributed by atoms with E-state index in [0.29, 0.717) is 23.8 Å². The molecule has 3 rings (SSSR count). The van der Waals surface area contributed by atoms with E-state index in [1.807, 2.05) is 36.4 Å². The molecule has 2 heterocycles. The van der Waals surface area contributed by atoms with E-state index in [2.05, 4.69) is 25.6 Å². The zero-order valence-corrected chi connectivity index (χ0v) is 13.2. The molecular weight excluding hydrogens is 302 g/mol. The van der Waals surface area contributed by atoms with Crippen molar-refractivity contribution >= 4 is 11.7 Å². The molecule has 0 unspecified atom stereocenters. The number of hydrogen-bond donors (Lipinski definition) is 2. The molecule has 0 saturated heterocycles. The molecule has 0 aliphatic heterocycles. The maximum atomic E-state index is 12.1. The molecule has 0 spiro atoms. The number of carbonyl (C=O) groups excluding carboxylic acids is 1. The van der Waals surface area contributed by atoms with Gasteiger partial charge in [-0.05, 0) is 24.3 Å². The average molecular weight is 319 g/mol. The van der Waals surface area contributed by atoms with Gasteiger partial charge < -0.3 is 10.6 Å². The van der Waals surface area contributed by atoms with Gasteiger partial charge in [0.25, 0.3) is 5.91 Å². The first-order chi connectivity index (χ1) is 11.8. The molecule has 0 aliphatic rings. The molecule has 0 atom stereocenters. The number of nitrogens with one attached hydrogen (secondary N) is 2. The molecule has 0 saturated carbocycles. The van der Waals surface area contributed by atoms with E-state index in [1.165, 1.54) is 0 Å². The Balaban J connectivity index is 1.79. The molecule has 0 fully saturated rings. The van der Waals surface area contributed by atoms with Crippen LogP contribution in [0.3, 0.4) is 0 Å². The summed E-state index contributed by atoms with van der Waals surface area (Å²) in [7, 11) is 1.79. The summed E-state index contributed by atoms with van der Waals surface area (Å²) < 4.78 is 0. The van der Waals surface area contributed by atoms with Gasteiger partial charge in [-0.15, -0.1) is 0 Å². The Morgan fingerprint density at radius 2 is 1.92 bits per heavy atom. The summed E-state index contributed by atoms with van der Waals surface area (Å²) in [6.07, 6.45) is 3.41. The lowest BCUT2D eigenvalue weighted by Gasteiger charge is -2.09. The summed E-state index contributed by atoms with van der Waals surface area (Å²) in [4.78, 5) is 25.2. The molecule has 0 radical (unpaired) electrons. The Bertz CT molecular complexity index is 821. The smallest absolute Gasteiger partial charge is 0.251 e. The molecule has 1 amide bonds. The van der Waals surface area contributed by atoms with E-state index >= 15 is 0 Å². The van der Waals surface area contributed by atoms with Crippen LogP contribution in [-0.2, 0) is 6.54 Å². The highest BCUT2D eigenvalue weighted by Gasteiger charge is 2.09. The fourth-order valence-electron chi connectivity index (χ4n) is 2.20. The van der Waals surface area contributed by atoms with Crippen LogP contribution in [-0.4, -0.2) is 27.9 Å². The minimum atomic E-state index is -0.136. The summed E-state index contributed by atoms with van der Waals surface area (Å²) in [5.74, 6) is 1.12. The number of anilines is 1. The molecule has 0 bridgehead atoms. The summed E-state index contributed by atoms with van der Waals surface area (Å²) >= 11 is 0. The van der Waals surface area contributed by atoms with E-state index in [0.717, 1.165) is 11.3 Å². The third kappa shape index (κ3) is 3.73. The van der Waals surface area contributed by atoms with Crippen LogP contribution in [0.4, 0.5) is 5.82 Å². The highest BCUT2D eigenvalue weighted by atomic mass is 16.1. The standard InChI is InChI=1S/C18H17N5O/c1-19-16-10-15(12-21-18(24)13-6-3-2-4-7-13)22-17(23-16)14-8-5-9-20-11-14/h2-11H,12H2,1H3,(H,21,24)(H,19,22,23). The third-order valence-corrected chi connectivity index (χ3v) is 3.42. The van der Waals surface area contributed by atoms with Crippen molar-refractivity contribution in [3.8, 4) is 11.4 Å². The van der Waals surface area contributed by atoms with Crippen LogP contribution < -0.4 is 10.6 Å². The number of hydrogen-bond acceptors (Lipinski definition) is 5. The lowest BCUT2D eigenvalue weighted by atomic mass is 10.2. The number of nitrogens with zero attached hydrogens (tertiary/aromatic N) is 3. The fraction of sp³-hybridized carbons (Fsp3) is 0.111. The minimum absolute atomic E-state index is 0.136. The first-order valence-electron chi connectivity index (χ1n) is 7.55. The van der Waals surface area contributed by atoms with Crippen LogP contribution in [0, 0.1) is 0 Å². The average Bonchev–Trinajstić information content (AvgIpc) is 2.67. The molecule has 6 nitrogen and oxygen atoms in total. The van der Waals surface area contributed by atoms with Crippen molar-refractivity contribution in [1.29, 1.82) is 0 Å². The second-order valence-corrected chi connectivity index (χ2v) is 5.11. The van der Waals surface area contributed by atoms with Crippen LogP contribution in [0.1, 0.15) is 16.1 Å². The quantitative estimate of drug-likeness (QED) is 0.755. The van der Waals surface area contributed by atoms with E-state index < -0.39 is 0 Å². The second-order valence-electron chi connectivity index (χ2n) is 5.11. The number of amides is 1. The largest absolute Gasteiger partial charge is 0.373 e. The van der Waals surface area contributed by atoms with Crippen molar-refractivity contribution in [2.24, 2.45) is 0 Å². The molecule has 6 heteroatoms. The maximum Gasteiger partial charge on any atom is 0.251 e. The molecule has 0 aliphatic carbocycles. The van der Waals surface area contributed by atoms with Crippen LogP contribution in [0.15, 0.2) is 60.9 Å². The number of pyridine rings is 1. The molecular formula is C18H17N5O. The summed E-state index contributed by atoms with van der Waals surface area (Å²) in [6.45, 7) is 0.318. The monoisotopic (exact) mass is 319 g/mol. The first-order valence-corrected chi connectivity index (χ1v) is 7.55. The van der Waals surface area contributed by atoms with Crippen molar-refractivity contribution in [2.75, 3.05) is 12.4 Å². The fourth-order valence-corrected chi connectivity index (χ4v) is 2.20. The predicted molar refractivity (Wildman–Crippen MR) is 92.4 cm³/mol. The minimum Gasteiger partial charge on any atom is -0.373 e. The van der Waals surface area contributed by atoms with E-state index in [-0.39, 0.29) is 5.91 Å². The SMILES string of the molecule is CNc1cc(CNC(=O)c2ccccc2)nc(-c2cccnc2)n1.